The van der Waals surface area contributed by atoms with Crippen LogP contribution in [0.3, 0.4) is 0 Å². The van der Waals surface area contributed by atoms with Crippen LogP contribution in [0.25, 0.3) is 5.69 Å². The molecule has 2 saturated heterocycles. The lowest BCUT2D eigenvalue weighted by atomic mass is 10.1. The van der Waals surface area contributed by atoms with Crippen LogP contribution in [-0.2, 0) is 11.3 Å². The van der Waals surface area contributed by atoms with Crippen molar-refractivity contribution < 1.29 is 4.79 Å². The zero-order valence-corrected chi connectivity index (χ0v) is 22.2. The molecule has 8 nitrogen and oxygen atoms in total. The number of aryl methyl sites for hydroxylation is 1. The molecule has 1 atom stereocenters. The van der Waals surface area contributed by atoms with Gasteiger partial charge in [0.15, 0.2) is 5.96 Å². The first kappa shape index (κ1) is 25.5. The van der Waals surface area contributed by atoms with Crippen LogP contribution >= 0.6 is 24.0 Å². The molecule has 1 aromatic heterocycles. The van der Waals surface area contributed by atoms with Gasteiger partial charge in [0, 0.05) is 59.1 Å². The summed E-state index contributed by atoms with van der Waals surface area (Å²) in [6.45, 7) is 10.0. The van der Waals surface area contributed by atoms with E-state index in [2.05, 4.69) is 50.3 Å². The minimum absolute atomic E-state index is 0. The van der Waals surface area contributed by atoms with Gasteiger partial charge in [0.2, 0.25) is 5.91 Å². The van der Waals surface area contributed by atoms with E-state index in [4.69, 9.17) is 0 Å². The Bertz CT molecular complexity index is 946. The molecule has 0 spiro atoms. The number of likely N-dealkylation sites (tertiary alicyclic amines) is 1. The average Bonchev–Trinajstić information content (AvgIpc) is 3.51. The molecule has 0 saturated carbocycles. The number of benzene rings is 1. The number of carbonyl (C=O) groups excluding carboxylic acids is 1. The highest BCUT2D eigenvalue weighted by molar-refractivity contribution is 14.0. The number of nitrogens with zero attached hydrogens (tertiary/aromatic N) is 6. The predicted octanol–water partition coefficient (Wildman–Crippen LogP) is 2.50. The van der Waals surface area contributed by atoms with E-state index >= 15 is 0 Å². The molecule has 0 aliphatic carbocycles. The van der Waals surface area contributed by atoms with Crippen molar-refractivity contribution in [3.63, 3.8) is 0 Å². The van der Waals surface area contributed by atoms with Crippen LogP contribution in [0.15, 0.2) is 41.5 Å². The minimum Gasteiger partial charge on any atom is -0.352 e. The molecule has 9 heteroatoms. The van der Waals surface area contributed by atoms with Crippen molar-refractivity contribution in [2.45, 2.75) is 39.3 Å². The summed E-state index contributed by atoms with van der Waals surface area (Å²) in [5.41, 5.74) is 3.24. The molecular formula is C24H36IN7O. The van der Waals surface area contributed by atoms with Gasteiger partial charge in [0.25, 0.3) is 0 Å². The Morgan fingerprint density at radius 3 is 2.39 bits per heavy atom. The Morgan fingerprint density at radius 1 is 1.06 bits per heavy atom. The average molecular weight is 566 g/mol. The Hall–Kier alpha value is -2.14. The lowest BCUT2D eigenvalue weighted by Crippen LogP contribution is -2.57. The molecule has 1 unspecified atom stereocenters. The third-order valence-corrected chi connectivity index (χ3v) is 6.55. The van der Waals surface area contributed by atoms with Gasteiger partial charge in [0.05, 0.1) is 17.4 Å². The van der Waals surface area contributed by atoms with Crippen LogP contribution in [0.5, 0.6) is 0 Å². The van der Waals surface area contributed by atoms with E-state index in [0.29, 0.717) is 6.54 Å². The lowest BCUT2D eigenvalue weighted by Gasteiger charge is -2.39. The highest BCUT2D eigenvalue weighted by Crippen LogP contribution is 2.16. The van der Waals surface area contributed by atoms with Gasteiger partial charge < -0.3 is 15.1 Å². The number of halogens is 1. The van der Waals surface area contributed by atoms with E-state index in [0.717, 1.165) is 69.5 Å². The van der Waals surface area contributed by atoms with E-state index in [1.807, 2.05) is 41.9 Å². The molecular weight excluding hydrogens is 529 g/mol. The zero-order valence-electron chi connectivity index (χ0n) is 19.9. The van der Waals surface area contributed by atoms with Gasteiger partial charge in [-0.2, -0.15) is 5.10 Å². The molecule has 3 heterocycles. The maximum absolute atomic E-state index is 12.8. The molecule has 1 N–H and O–H groups in total. The van der Waals surface area contributed by atoms with Gasteiger partial charge in [0.1, 0.15) is 0 Å². The monoisotopic (exact) mass is 565 g/mol. The summed E-state index contributed by atoms with van der Waals surface area (Å²) in [6, 6.07) is 10.3. The molecule has 180 valence electrons. The second kappa shape index (κ2) is 11.8. The predicted molar refractivity (Wildman–Crippen MR) is 142 cm³/mol. The Labute approximate surface area is 214 Å². The van der Waals surface area contributed by atoms with Crippen LogP contribution in [0.4, 0.5) is 0 Å². The van der Waals surface area contributed by atoms with Crippen LogP contribution in [0, 0.1) is 6.92 Å². The third-order valence-electron chi connectivity index (χ3n) is 6.55. The van der Waals surface area contributed by atoms with Crippen molar-refractivity contribution in [2.24, 2.45) is 4.99 Å². The van der Waals surface area contributed by atoms with Crippen LogP contribution < -0.4 is 5.32 Å². The van der Waals surface area contributed by atoms with E-state index in [9.17, 15) is 4.79 Å². The number of hydrogen-bond acceptors (Lipinski definition) is 4. The number of amides is 1. The molecule has 0 radical (unpaired) electrons. The number of guanidine groups is 1. The first-order chi connectivity index (χ1) is 15.6. The van der Waals surface area contributed by atoms with E-state index in [-0.39, 0.29) is 35.9 Å². The first-order valence-electron chi connectivity index (χ1n) is 11.7. The van der Waals surface area contributed by atoms with E-state index < -0.39 is 0 Å². The van der Waals surface area contributed by atoms with Crippen LogP contribution in [0.2, 0.25) is 0 Å². The maximum atomic E-state index is 12.8. The number of aliphatic imine (C=N–C) groups is 1. The molecule has 2 aliphatic rings. The molecule has 2 fully saturated rings. The first-order valence-corrected chi connectivity index (χ1v) is 11.7. The molecule has 0 bridgehead atoms. The minimum atomic E-state index is -0.0466. The second-order valence-electron chi connectivity index (χ2n) is 8.66. The Morgan fingerprint density at radius 2 is 1.76 bits per heavy atom. The Balaban J connectivity index is 0.00000306. The van der Waals surface area contributed by atoms with Crippen molar-refractivity contribution in [1.29, 1.82) is 0 Å². The van der Waals surface area contributed by atoms with E-state index in [1.165, 1.54) is 5.56 Å². The number of aromatic nitrogens is 2. The number of piperazine rings is 1. The SMILES string of the molecule is CN=C(NCc1ccccc1-n1ccc(C)n1)N1CCN(C(C)C(=O)N2CCCC2)CC1.I. The van der Waals surface area contributed by atoms with Crippen LogP contribution in [-0.4, -0.2) is 88.7 Å². The second-order valence-corrected chi connectivity index (χ2v) is 8.66. The van der Waals surface area contributed by atoms with Crippen molar-refractivity contribution in [3.05, 3.63) is 47.8 Å². The van der Waals surface area contributed by atoms with Gasteiger partial charge in [-0.3, -0.25) is 14.7 Å². The van der Waals surface area contributed by atoms with Gasteiger partial charge in [-0.05, 0) is 44.4 Å². The van der Waals surface area contributed by atoms with Gasteiger partial charge in [-0.25, -0.2) is 4.68 Å². The summed E-state index contributed by atoms with van der Waals surface area (Å²) < 4.78 is 1.92. The summed E-state index contributed by atoms with van der Waals surface area (Å²) in [5, 5.41) is 8.08. The number of para-hydroxylation sites is 1. The van der Waals surface area contributed by atoms with E-state index in [1.54, 1.807) is 0 Å². The maximum Gasteiger partial charge on any atom is 0.239 e. The molecule has 1 aromatic carbocycles. The smallest absolute Gasteiger partial charge is 0.239 e. The summed E-state index contributed by atoms with van der Waals surface area (Å²) >= 11 is 0. The fourth-order valence-electron chi connectivity index (χ4n) is 4.62. The molecule has 4 rings (SSSR count). The van der Waals surface area contributed by atoms with Crippen molar-refractivity contribution in [1.82, 2.24) is 29.8 Å². The fourth-order valence-corrected chi connectivity index (χ4v) is 4.62. The number of nitrogens with one attached hydrogen (secondary N) is 1. The number of carbonyl (C=O) groups is 1. The topological polar surface area (TPSA) is 69.0 Å². The van der Waals surface area contributed by atoms with Crippen molar-refractivity contribution in [3.8, 4) is 5.69 Å². The summed E-state index contributed by atoms with van der Waals surface area (Å²) in [4.78, 5) is 23.9. The molecule has 2 aromatic rings. The normalized spacial score (nSPS) is 18.2. The summed E-state index contributed by atoms with van der Waals surface area (Å²) in [5.74, 6) is 1.18. The third kappa shape index (κ3) is 6.06. The molecule has 1 amide bonds. The Kier molecular flexibility index (Phi) is 9.13. The quantitative estimate of drug-likeness (QED) is 0.343. The number of hydrogen-bond donors (Lipinski definition) is 1. The standard InChI is InChI=1S/C24H35N7O.HI/c1-19-10-13-31(27-19)22-9-5-4-8-21(22)18-26-24(25-3)30-16-14-28(15-17-30)20(2)23(32)29-11-6-7-12-29;/h4-5,8-10,13,20H,6-7,11-12,14-18H2,1-3H3,(H,25,26);1H. The van der Waals surface area contributed by atoms with Crippen molar-refractivity contribution in [2.75, 3.05) is 46.3 Å². The highest BCUT2D eigenvalue weighted by atomic mass is 127. The van der Waals surface area contributed by atoms with Crippen LogP contribution in [0.1, 0.15) is 31.0 Å². The van der Waals surface area contributed by atoms with Gasteiger partial charge >= 0.3 is 0 Å². The van der Waals surface area contributed by atoms with Gasteiger partial charge in [-0.15, -0.1) is 24.0 Å². The highest BCUT2D eigenvalue weighted by Gasteiger charge is 2.30. The molecule has 33 heavy (non-hydrogen) atoms. The molecule has 2 aliphatic heterocycles. The zero-order chi connectivity index (χ0) is 22.5. The summed E-state index contributed by atoms with van der Waals surface area (Å²) in [6.07, 6.45) is 4.27. The lowest BCUT2D eigenvalue weighted by molar-refractivity contribution is -0.135. The van der Waals surface area contributed by atoms with Crippen molar-refractivity contribution >= 4 is 35.8 Å². The summed E-state index contributed by atoms with van der Waals surface area (Å²) in [7, 11) is 1.83. The number of rotatable bonds is 5. The van der Waals surface area contributed by atoms with Gasteiger partial charge in [-0.1, -0.05) is 18.2 Å². The largest absolute Gasteiger partial charge is 0.352 e. The fraction of sp³-hybridized carbons (Fsp3) is 0.542.